The number of fused-ring (bicyclic) bond motifs is 1. The minimum atomic E-state index is 0.0218. The van der Waals surface area contributed by atoms with Gasteiger partial charge >= 0.3 is 0 Å². The second kappa shape index (κ2) is 7.29. The van der Waals surface area contributed by atoms with Crippen LogP contribution in [0.25, 0.3) is 10.1 Å². The first-order chi connectivity index (χ1) is 11.2. The van der Waals surface area contributed by atoms with Crippen LogP contribution in [0.5, 0.6) is 0 Å². The van der Waals surface area contributed by atoms with Crippen LogP contribution < -0.4 is 10.2 Å². The number of anilines is 1. The smallest absolute Gasteiger partial charge is 0.261 e. The Morgan fingerprint density at radius 3 is 2.61 bits per heavy atom. The fourth-order valence-corrected chi connectivity index (χ4v) is 3.49. The first-order valence-corrected chi connectivity index (χ1v) is 8.58. The third kappa shape index (κ3) is 3.90. The molecular formula is C19H20N2OS. The van der Waals surface area contributed by atoms with Gasteiger partial charge in [0.25, 0.3) is 5.91 Å². The van der Waals surface area contributed by atoms with E-state index in [0.717, 1.165) is 27.9 Å². The number of amides is 1. The van der Waals surface area contributed by atoms with E-state index in [2.05, 4.69) is 29.4 Å². The van der Waals surface area contributed by atoms with Crippen LogP contribution in [0, 0.1) is 0 Å². The van der Waals surface area contributed by atoms with E-state index in [1.54, 1.807) is 11.3 Å². The number of nitrogens with zero attached hydrogens (tertiary/aromatic N) is 1. The second-order valence-corrected chi connectivity index (χ2v) is 6.60. The van der Waals surface area contributed by atoms with Gasteiger partial charge in [-0.1, -0.05) is 36.4 Å². The Balaban J connectivity index is 1.48. The summed E-state index contributed by atoms with van der Waals surface area (Å²) in [5, 5.41) is 4.14. The zero-order valence-electron chi connectivity index (χ0n) is 13.2. The molecule has 1 N–H and O–H groups in total. The molecule has 0 atom stereocenters. The molecule has 0 saturated heterocycles. The van der Waals surface area contributed by atoms with Crippen molar-refractivity contribution in [2.45, 2.75) is 6.42 Å². The summed E-state index contributed by atoms with van der Waals surface area (Å²) >= 11 is 1.54. The minimum Gasteiger partial charge on any atom is -0.375 e. The molecule has 3 aromatic rings. The molecule has 3 nitrogen and oxygen atoms in total. The van der Waals surface area contributed by atoms with Gasteiger partial charge in [0.05, 0.1) is 4.88 Å². The van der Waals surface area contributed by atoms with Crippen LogP contribution in [0.3, 0.4) is 0 Å². The summed E-state index contributed by atoms with van der Waals surface area (Å²) in [6.07, 6.45) is 0.919. The summed E-state index contributed by atoms with van der Waals surface area (Å²) in [5.41, 5.74) is 1.20. The van der Waals surface area contributed by atoms with Crippen molar-refractivity contribution in [1.82, 2.24) is 5.32 Å². The molecule has 0 spiro atoms. The van der Waals surface area contributed by atoms with Crippen molar-refractivity contribution in [3.8, 4) is 0 Å². The average Bonchev–Trinajstić information content (AvgIpc) is 3.03. The SMILES string of the molecule is CN(CCCNC(=O)c1cc2ccccc2s1)c1ccccc1. The second-order valence-electron chi connectivity index (χ2n) is 5.52. The molecular weight excluding hydrogens is 304 g/mol. The zero-order valence-corrected chi connectivity index (χ0v) is 14.0. The third-order valence-electron chi connectivity index (χ3n) is 3.80. The van der Waals surface area contributed by atoms with Crippen molar-refractivity contribution >= 4 is 33.0 Å². The number of carbonyl (C=O) groups is 1. The minimum absolute atomic E-state index is 0.0218. The Labute approximate surface area is 140 Å². The highest BCUT2D eigenvalue weighted by atomic mass is 32.1. The van der Waals surface area contributed by atoms with Crippen molar-refractivity contribution in [3.05, 3.63) is 65.5 Å². The summed E-state index contributed by atoms with van der Waals surface area (Å²) in [7, 11) is 2.07. The highest BCUT2D eigenvalue weighted by Crippen LogP contribution is 2.25. The van der Waals surface area contributed by atoms with Crippen molar-refractivity contribution in [2.24, 2.45) is 0 Å². The summed E-state index contributed by atoms with van der Waals surface area (Å²) in [6.45, 7) is 1.60. The third-order valence-corrected chi connectivity index (χ3v) is 4.92. The number of hydrogen-bond acceptors (Lipinski definition) is 3. The van der Waals surface area contributed by atoms with Gasteiger partial charge in [0, 0.05) is 30.5 Å². The fourth-order valence-electron chi connectivity index (χ4n) is 2.51. The van der Waals surface area contributed by atoms with E-state index in [9.17, 15) is 4.79 Å². The average molecular weight is 324 g/mol. The molecule has 0 aliphatic carbocycles. The number of nitrogens with one attached hydrogen (secondary N) is 1. The first kappa shape index (κ1) is 15.6. The molecule has 23 heavy (non-hydrogen) atoms. The molecule has 0 saturated carbocycles. The van der Waals surface area contributed by atoms with Crippen LogP contribution in [0.4, 0.5) is 5.69 Å². The molecule has 1 heterocycles. The molecule has 0 radical (unpaired) electrons. The number of para-hydroxylation sites is 1. The van der Waals surface area contributed by atoms with Crippen molar-refractivity contribution in [1.29, 1.82) is 0 Å². The van der Waals surface area contributed by atoms with E-state index in [0.29, 0.717) is 6.54 Å². The predicted molar refractivity (Wildman–Crippen MR) is 98.5 cm³/mol. The standard InChI is InChI=1S/C19H20N2OS/c1-21(16-9-3-2-4-10-16)13-7-12-20-19(22)18-14-15-8-5-6-11-17(15)23-18/h2-6,8-11,14H,7,12-13H2,1H3,(H,20,22). The number of rotatable bonds is 6. The van der Waals surface area contributed by atoms with Gasteiger partial charge in [0.15, 0.2) is 0 Å². The normalized spacial score (nSPS) is 10.7. The summed E-state index contributed by atoms with van der Waals surface area (Å²) in [5.74, 6) is 0.0218. The largest absolute Gasteiger partial charge is 0.375 e. The van der Waals surface area contributed by atoms with Gasteiger partial charge in [-0.3, -0.25) is 4.79 Å². The number of hydrogen-bond donors (Lipinski definition) is 1. The van der Waals surface area contributed by atoms with Gasteiger partial charge in [-0.15, -0.1) is 11.3 Å². The highest BCUT2D eigenvalue weighted by molar-refractivity contribution is 7.20. The van der Waals surface area contributed by atoms with E-state index in [1.807, 2.05) is 48.5 Å². The van der Waals surface area contributed by atoms with Gasteiger partial charge < -0.3 is 10.2 Å². The highest BCUT2D eigenvalue weighted by Gasteiger charge is 2.09. The van der Waals surface area contributed by atoms with Gasteiger partial charge in [-0.2, -0.15) is 0 Å². The number of carbonyl (C=O) groups excluding carboxylic acids is 1. The Kier molecular flexibility index (Phi) is 4.93. The van der Waals surface area contributed by atoms with E-state index >= 15 is 0 Å². The Bertz CT molecular complexity index is 749. The molecule has 2 aromatic carbocycles. The van der Waals surface area contributed by atoms with Crippen molar-refractivity contribution in [2.75, 3.05) is 25.0 Å². The van der Waals surface area contributed by atoms with Gasteiger partial charge in [-0.25, -0.2) is 0 Å². The maximum absolute atomic E-state index is 12.2. The molecule has 3 rings (SSSR count). The molecule has 1 aromatic heterocycles. The van der Waals surface area contributed by atoms with E-state index in [1.165, 1.54) is 5.69 Å². The molecule has 0 bridgehead atoms. The van der Waals surface area contributed by atoms with Crippen molar-refractivity contribution < 1.29 is 4.79 Å². The van der Waals surface area contributed by atoms with Crippen LogP contribution in [0.1, 0.15) is 16.1 Å². The Morgan fingerprint density at radius 2 is 1.83 bits per heavy atom. The van der Waals surface area contributed by atoms with Crippen molar-refractivity contribution in [3.63, 3.8) is 0 Å². The van der Waals surface area contributed by atoms with Gasteiger partial charge in [-0.05, 0) is 36.1 Å². The van der Waals surface area contributed by atoms with E-state index in [-0.39, 0.29) is 5.91 Å². The van der Waals surface area contributed by atoms with Gasteiger partial charge in [0.1, 0.15) is 0 Å². The van der Waals surface area contributed by atoms with Crippen LogP contribution >= 0.6 is 11.3 Å². The zero-order chi connectivity index (χ0) is 16.1. The lowest BCUT2D eigenvalue weighted by molar-refractivity contribution is 0.0957. The van der Waals surface area contributed by atoms with Crippen LogP contribution in [-0.2, 0) is 0 Å². The number of benzene rings is 2. The fraction of sp³-hybridized carbons (Fsp3) is 0.211. The van der Waals surface area contributed by atoms with Crippen LogP contribution in [0.2, 0.25) is 0 Å². The molecule has 1 amide bonds. The Morgan fingerprint density at radius 1 is 1.09 bits per heavy atom. The monoisotopic (exact) mass is 324 g/mol. The van der Waals surface area contributed by atoms with Gasteiger partial charge in [0.2, 0.25) is 0 Å². The lowest BCUT2D eigenvalue weighted by atomic mass is 10.2. The topological polar surface area (TPSA) is 32.3 Å². The maximum Gasteiger partial charge on any atom is 0.261 e. The maximum atomic E-state index is 12.2. The van der Waals surface area contributed by atoms with Crippen LogP contribution in [0.15, 0.2) is 60.7 Å². The molecule has 0 fully saturated rings. The molecule has 118 valence electrons. The van der Waals surface area contributed by atoms with E-state index in [4.69, 9.17) is 0 Å². The summed E-state index contributed by atoms with van der Waals surface area (Å²) in [4.78, 5) is 15.2. The lowest BCUT2D eigenvalue weighted by Crippen LogP contribution is -2.27. The molecule has 0 unspecified atom stereocenters. The molecule has 4 heteroatoms. The molecule has 0 aliphatic rings. The summed E-state index contributed by atoms with van der Waals surface area (Å²) in [6, 6.07) is 20.3. The van der Waals surface area contributed by atoms with E-state index < -0.39 is 0 Å². The lowest BCUT2D eigenvalue weighted by Gasteiger charge is -2.19. The molecule has 0 aliphatic heterocycles. The first-order valence-electron chi connectivity index (χ1n) is 7.77. The summed E-state index contributed by atoms with van der Waals surface area (Å²) < 4.78 is 1.15. The predicted octanol–water partition coefficient (Wildman–Crippen LogP) is 4.16. The van der Waals surface area contributed by atoms with Crippen LogP contribution in [-0.4, -0.2) is 26.0 Å². The quantitative estimate of drug-likeness (QED) is 0.691. The number of thiophene rings is 1. The Hall–Kier alpha value is -2.33.